The van der Waals surface area contributed by atoms with Gasteiger partial charge in [-0.15, -0.1) is 0 Å². The molecule has 1 heterocycles. The van der Waals surface area contributed by atoms with Crippen LogP contribution in [0, 0.1) is 0 Å². The fraction of sp³-hybridized carbons (Fsp3) is 0.259. The van der Waals surface area contributed by atoms with E-state index in [1.54, 1.807) is 73.7 Å². The van der Waals surface area contributed by atoms with Crippen LogP contribution in [0.2, 0.25) is 0 Å². The van der Waals surface area contributed by atoms with E-state index >= 15 is 0 Å². The van der Waals surface area contributed by atoms with Gasteiger partial charge in [-0.3, -0.25) is 10.1 Å². The number of hydroxylamine groups is 2. The van der Waals surface area contributed by atoms with E-state index in [4.69, 9.17) is 9.47 Å². The van der Waals surface area contributed by atoms with Crippen LogP contribution in [0.25, 0.3) is 0 Å². The van der Waals surface area contributed by atoms with Crippen molar-refractivity contribution in [3.05, 3.63) is 84.4 Å². The average Bonchev–Trinajstić information content (AvgIpc) is 3.09. The molecule has 1 aliphatic heterocycles. The van der Waals surface area contributed by atoms with Gasteiger partial charge in [0.05, 0.1) is 26.3 Å². The minimum Gasteiger partial charge on any atom is -0.493 e. The second-order valence-corrected chi connectivity index (χ2v) is 8.89. The quantitative estimate of drug-likeness (QED) is 0.352. The van der Waals surface area contributed by atoms with Gasteiger partial charge in [0.25, 0.3) is 0 Å². The van der Waals surface area contributed by atoms with Crippen molar-refractivity contribution >= 4 is 23.4 Å². The van der Waals surface area contributed by atoms with Gasteiger partial charge >= 0.3 is 12.1 Å². The standard InChI is InChI=1S/C27H30N4O5/c1-27(2)24(31(34)25(32)28-20-13-7-5-8-14-20)30(21-15-9-6-10-16-21)26(33)29(27)18-19-12-11-17-22(35-3)23(19)36-4/h5-17,24,34H,18H2,1-4H3,(H,28,32)/t24-/m0/s1. The summed E-state index contributed by atoms with van der Waals surface area (Å²) in [6.45, 7) is 3.79. The number of nitrogens with one attached hydrogen (secondary N) is 1. The summed E-state index contributed by atoms with van der Waals surface area (Å²) in [5, 5.41) is 14.5. The molecule has 0 bridgehead atoms. The third-order valence-corrected chi connectivity index (χ3v) is 6.32. The first kappa shape index (κ1) is 24.9. The predicted molar refractivity (Wildman–Crippen MR) is 136 cm³/mol. The fourth-order valence-corrected chi connectivity index (χ4v) is 4.52. The Morgan fingerprint density at radius 3 is 2.22 bits per heavy atom. The van der Waals surface area contributed by atoms with E-state index < -0.39 is 17.7 Å². The molecule has 36 heavy (non-hydrogen) atoms. The van der Waals surface area contributed by atoms with Crippen LogP contribution < -0.4 is 19.7 Å². The molecule has 2 N–H and O–H groups in total. The maximum atomic E-state index is 13.9. The van der Waals surface area contributed by atoms with Gasteiger partial charge in [-0.05, 0) is 44.2 Å². The summed E-state index contributed by atoms with van der Waals surface area (Å²) >= 11 is 0. The highest BCUT2D eigenvalue weighted by Crippen LogP contribution is 2.41. The van der Waals surface area contributed by atoms with Gasteiger partial charge < -0.3 is 19.7 Å². The number of ether oxygens (including phenoxy) is 2. The molecule has 0 spiro atoms. The maximum Gasteiger partial charge on any atom is 0.347 e. The summed E-state index contributed by atoms with van der Waals surface area (Å²) in [6.07, 6.45) is -1.03. The van der Waals surface area contributed by atoms with Gasteiger partial charge in [0.2, 0.25) is 0 Å². The number of carbonyl (C=O) groups is 2. The molecular weight excluding hydrogens is 460 g/mol. The zero-order chi connectivity index (χ0) is 25.9. The maximum absolute atomic E-state index is 13.9. The summed E-state index contributed by atoms with van der Waals surface area (Å²) in [4.78, 5) is 30.0. The number of amides is 4. The van der Waals surface area contributed by atoms with Crippen LogP contribution in [0.15, 0.2) is 78.9 Å². The molecule has 0 aliphatic carbocycles. The SMILES string of the molecule is COc1cccc(CN2C(=O)N(c3ccccc3)[C@@H](N(O)C(=O)Nc3ccccc3)C2(C)C)c1OC. The molecule has 3 aromatic rings. The largest absolute Gasteiger partial charge is 0.493 e. The van der Waals surface area contributed by atoms with Gasteiger partial charge in [-0.2, -0.15) is 5.06 Å². The van der Waals surface area contributed by atoms with Gasteiger partial charge in [0.15, 0.2) is 17.7 Å². The third-order valence-electron chi connectivity index (χ3n) is 6.32. The molecule has 9 heteroatoms. The Bertz CT molecular complexity index is 1220. The third kappa shape index (κ3) is 4.52. The summed E-state index contributed by atoms with van der Waals surface area (Å²) in [6, 6.07) is 22.1. The number of methoxy groups -OCH3 is 2. The Kier molecular flexibility index (Phi) is 7.03. The normalized spacial score (nSPS) is 16.6. The van der Waals surface area contributed by atoms with Gasteiger partial charge in [0.1, 0.15) is 0 Å². The summed E-state index contributed by atoms with van der Waals surface area (Å²) in [5.74, 6) is 1.06. The fourth-order valence-electron chi connectivity index (χ4n) is 4.52. The molecule has 9 nitrogen and oxygen atoms in total. The molecule has 1 atom stereocenters. The number of rotatable bonds is 7. The molecule has 0 unspecified atom stereocenters. The van der Waals surface area contributed by atoms with Crippen LogP contribution in [0.3, 0.4) is 0 Å². The van der Waals surface area contributed by atoms with Crippen LogP contribution in [-0.4, -0.2) is 53.2 Å². The molecule has 0 radical (unpaired) electrons. The van der Waals surface area contributed by atoms with Crippen LogP contribution in [0.1, 0.15) is 19.4 Å². The minimum absolute atomic E-state index is 0.167. The number of para-hydroxylation sites is 3. The van der Waals surface area contributed by atoms with Crippen molar-refractivity contribution in [2.24, 2.45) is 0 Å². The molecule has 1 saturated heterocycles. The van der Waals surface area contributed by atoms with Crippen molar-refractivity contribution in [3.8, 4) is 11.5 Å². The second kappa shape index (κ2) is 10.2. The molecule has 3 aromatic carbocycles. The molecule has 4 rings (SSSR count). The van der Waals surface area contributed by atoms with Crippen LogP contribution in [-0.2, 0) is 6.54 Å². The smallest absolute Gasteiger partial charge is 0.347 e. The van der Waals surface area contributed by atoms with Crippen molar-refractivity contribution in [1.29, 1.82) is 0 Å². The lowest BCUT2D eigenvalue weighted by atomic mass is 9.98. The number of benzene rings is 3. The first-order chi connectivity index (χ1) is 17.3. The summed E-state index contributed by atoms with van der Waals surface area (Å²) < 4.78 is 11.0. The van der Waals surface area contributed by atoms with Gasteiger partial charge in [-0.1, -0.05) is 48.5 Å². The van der Waals surface area contributed by atoms with E-state index in [1.165, 1.54) is 4.90 Å². The van der Waals surface area contributed by atoms with Crippen molar-refractivity contribution in [3.63, 3.8) is 0 Å². The van der Waals surface area contributed by atoms with E-state index in [9.17, 15) is 14.8 Å². The molecule has 188 valence electrons. The van der Waals surface area contributed by atoms with Crippen molar-refractivity contribution in [2.75, 3.05) is 24.4 Å². The molecule has 0 saturated carbocycles. The van der Waals surface area contributed by atoms with E-state index in [1.807, 2.05) is 38.1 Å². The van der Waals surface area contributed by atoms with Gasteiger partial charge in [0, 0.05) is 16.9 Å². The lowest BCUT2D eigenvalue weighted by Crippen LogP contribution is -2.58. The first-order valence-electron chi connectivity index (χ1n) is 11.5. The Morgan fingerprint density at radius 2 is 1.61 bits per heavy atom. The molecule has 1 fully saturated rings. The van der Waals surface area contributed by atoms with E-state index in [0.717, 1.165) is 5.56 Å². The summed E-state index contributed by atoms with van der Waals surface area (Å²) in [7, 11) is 3.09. The Labute approximate surface area is 210 Å². The Hall–Kier alpha value is -4.24. The Balaban J connectivity index is 1.73. The van der Waals surface area contributed by atoms with E-state index in [0.29, 0.717) is 27.9 Å². The van der Waals surface area contributed by atoms with Crippen LogP contribution >= 0.6 is 0 Å². The zero-order valence-corrected chi connectivity index (χ0v) is 20.7. The highest BCUT2D eigenvalue weighted by atomic mass is 16.5. The Morgan fingerprint density at radius 1 is 0.972 bits per heavy atom. The van der Waals surface area contributed by atoms with Crippen molar-refractivity contribution in [2.45, 2.75) is 32.1 Å². The van der Waals surface area contributed by atoms with Crippen LogP contribution in [0.5, 0.6) is 11.5 Å². The average molecular weight is 491 g/mol. The highest BCUT2D eigenvalue weighted by molar-refractivity contribution is 5.98. The molecule has 1 aliphatic rings. The molecular formula is C27H30N4O5. The summed E-state index contributed by atoms with van der Waals surface area (Å²) in [5.41, 5.74) is 0.786. The van der Waals surface area contributed by atoms with Crippen LogP contribution in [0.4, 0.5) is 21.0 Å². The molecule has 4 amide bonds. The lowest BCUT2D eigenvalue weighted by Gasteiger charge is -2.38. The topological polar surface area (TPSA) is 94.6 Å². The van der Waals surface area contributed by atoms with E-state index in [-0.39, 0.29) is 12.6 Å². The van der Waals surface area contributed by atoms with Crippen molar-refractivity contribution < 1.29 is 24.3 Å². The number of hydrogen-bond donors (Lipinski definition) is 2. The zero-order valence-electron chi connectivity index (χ0n) is 20.7. The number of anilines is 2. The first-order valence-corrected chi connectivity index (χ1v) is 11.5. The number of carbonyl (C=O) groups excluding carboxylic acids is 2. The molecule has 0 aromatic heterocycles. The predicted octanol–water partition coefficient (Wildman–Crippen LogP) is 5.17. The van der Waals surface area contributed by atoms with Gasteiger partial charge in [-0.25, -0.2) is 9.59 Å². The monoisotopic (exact) mass is 490 g/mol. The lowest BCUT2D eigenvalue weighted by molar-refractivity contribution is -0.0955. The number of nitrogens with zero attached hydrogens (tertiary/aromatic N) is 3. The number of urea groups is 2. The highest BCUT2D eigenvalue weighted by Gasteiger charge is 2.56. The minimum atomic E-state index is -1.03. The van der Waals surface area contributed by atoms with Crippen molar-refractivity contribution in [1.82, 2.24) is 9.96 Å². The second-order valence-electron chi connectivity index (χ2n) is 8.89. The van der Waals surface area contributed by atoms with E-state index in [2.05, 4.69) is 5.32 Å². The number of hydrogen-bond acceptors (Lipinski definition) is 5.